The van der Waals surface area contributed by atoms with Gasteiger partial charge in [0.2, 0.25) is 0 Å². The molecule has 6 nitrogen and oxygen atoms in total. The van der Waals surface area contributed by atoms with Crippen molar-refractivity contribution in [3.05, 3.63) is 23.8 Å². The van der Waals surface area contributed by atoms with Gasteiger partial charge < -0.3 is 15.0 Å². The van der Waals surface area contributed by atoms with Crippen LogP contribution in [0.2, 0.25) is 0 Å². The van der Waals surface area contributed by atoms with Gasteiger partial charge in [-0.05, 0) is 36.3 Å². The van der Waals surface area contributed by atoms with Crippen LogP contribution in [0.4, 0.5) is 4.79 Å². The number of urea groups is 1. The van der Waals surface area contributed by atoms with E-state index in [9.17, 15) is 13.2 Å². The molecule has 1 heterocycles. The maximum absolute atomic E-state index is 12.2. The van der Waals surface area contributed by atoms with Crippen molar-refractivity contribution in [1.82, 2.24) is 10.2 Å². The number of thioether (sulfide) groups is 1. The third-order valence-corrected chi connectivity index (χ3v) is 6.70. The largest absolute Gasteiger partial charge is 0.496 e. The van der Waals surface area contributed by atoms with Gasteiger partial charge in [0, 0.05) is 25.0 Å². The van der Waals surface area contributed by atoms with E-state index in [4.69, 9.17) is 4.74 Å². The fourth-order valence-corrected chi connectivity index (χ4v) is 5.13. The van der Waals surface area contributed by atoms with Crippen LogP contribution in [-0.2, 0) is 16.4 Å². The van der Waals surface area contributed by atoms with E-state index >= 15 is 0 Å². The van der Waals surface area contributed by atoms with E-state index in [-0.39, 0.29) is 23.5 Å². The van der Waals surface area contributed by atoms with E-state index in [1.807, 2.05) is 24.5 Å². The Morgan fingerprint density at radius 2 is 2.21 bits per heavy atom. The highest BCUT2D eigenvalue weighted by atomic mass is 32.2. The molecular weight excluding hydrogens is 348 g/mol. The summed E-state index contributed by atoms with van der Waals surface area (Å²) in [6.07, 6.45) is 2.61. The molecule has 1 fully saturated rings. The molecule has 1 saturated heterocycles. The number of amides is 2. The normalized spacial score (nSPS) is 19.0. The lowest BCUT2D eigenvalue weighted by Gasteiger charge is -2.20. The number of hydrogen-bond donors (Lipinski definition) is 1. The van der Waals surface area contributed by atoms with Crippen molar-refractivity contribution in [3.63, 3.8) is 0 Å². The number of benzene rings is 1. The highest BCUT2D eigenvalue weighted by Gasteiger charge is 2.28. The summed E-state index contributed by atoms with van der Waals surface area (Å²) in [5, 5.41) is 2.82. The average molecular weight is 373 g/mol. The number of rotatable bonds is 6. The van der Waals surface area contributed by atoms with E-state index in [1.54, 1.807) is 30.8 Å². The number of ether oxygens (including phenoxy) is 1. The van der Waals surface area contributed by atoms with Crippen LogP contribution in [0, 0.1) is 5.92 Å². The quantitative estimate of drug-likeness (QED) is 0.773. The number of carbonyl (C=O) groups is 1. The fraction of sp³-hybridized carbons (Fsp3) is 0.562. The summed E-state index contributed by atoms with van der Waals surface area (Å²) in [5.41, 5.74) is 0.978. The number of carbonyl (C=O) groups excluding carboxylic acids is 1. The lowest BCUT2D eigenvalue weighted by Crippen LogP contribution is -2.39. The van der Waals surface area contributed by atoms with Crippen molar-refractivity contribution in [2.45, 2.75) is 17.9 Å². The number of nitrogens with one attached hydrogen (secondary N) is 1. The van der Waals surface area contributed by atoms with Gasteiger partial charge in [0.25, 0.3) is 0 Å². The minimum atomic E-state index is -2.91. The zero-order valence-corrected chi connectivity index (χ0v) is 15.9. The number of hydrogen-bond acceptors (Lipinski definition) is 5. The first-order valence-electron chi connectivity index (χ1n) is 7.75. The zero-order valence-electron chi connectivity index (χ0n) is 14.2. The monoisotopic (exact) mass is 372 g/mol. The Balaban J connectivity index is 1.87. The van der Waals surface area contributed by atoms with Crippen LogP contribution in [-0.4, -0.2) is 57.8 Å². The maximum atomic E-state index is 12.2. The molecule has 1 aromatic carbocycles. The molecule has 1 aliphatic rings. The van der Waals surface area contributed by atoms with Crippen molar-refractivity contribution in [2.24, 2.45) is 5.92 Å². The van der Waals surface area contributed by atoms with Gasteiger partial charge in [0.15, 0.2) is 9.84 Å². The number of methoxy groups -OCH3 is 1. The number of sulfone groups is 1. The SMILES string of the molecule is COc1cc(CN(C)C(=O)NCC2CCS(=O)(=O)C2)ccc1SC. The molecular formula is C16H24N2O4S2. The molecule has 0 radical (unpaired) electrons. The standard InChI is InChI=1S/C16H24N2O4S2/c1-18(10-12-4-5-15(23-3)14(8-12)22-2)16(19)17-9-13-6-7-24(20,21)11-13/h4-5,8,13H,6-7,9-11H2,1-3H3,(H,17,19). The van der Waals surface area contributed by atoms with Crippen molar-refractivity contribution in [3.8, 4) is 5.75 Å². The van der Waals surface area contributed by atoms with Gasteiger partial charge in [-0.1, -0.05) is 6.07 Å². The van der Waals surface area contributed by atoms with Crippen LogP contribution in [0.15, 0.2) is 23.1 Å². The summed E-state index contributed by atoms with van der Waals surface area (Å²) >= 11 is 1.61. The minimum absolute atomic E-state index is 0.0216. The first kappa shape index (κ1) is 18.9. The fourth-order valence-electron chi connectivity index (χ4n) is 2.72. The molecule has 0 saturated carbocycles. The van der Waals surface area contributed by atoms with Crippen molar-refractivity contribution < 1.29 is 17.9 Å². The van der Waals surface area contributed by atoms with Gasteiger partial charge >= 0.3 is 6.03 Å². The predicted octanol–water partition coefficient (Wildman–Crippen LogP) is 1.99. The van der Waals surface area contributed by atoms with Crippen molar-refractivity contribution >= 4 is 27.6 Å². The van der Waals surface area contributed by atoms with Crippen LogP contribution in [0.3, 0.4) is 0 Å². The lowest BCUT2D eigenvalue weighted by molar-refractivity contribution is 0.205. The second kappa shape index (κ2) is 8.11. The topological polar surface area (TPSA) is 75.7 Å². The molecule has 1 N–H and O–H groups in total. The Labute approximate surface area is 147 Å². The molecule has 1 atom stereocenters. The summed E-state index contributed by atoms with van der Waals surface area (Å²) < 4.78 is 28.2. The molecule has 2 rings (SSSR count). The summed E-state index contributed by atoms with van der Waals surface area (Å²) in [4.78, 5) is 14.8. The van der Waals surface area contributed by atoms with Crippen molar-refractivity contribution in [2.75, 3.05) is 38.5 Å². The average Bonchev–Trinajstić information content (AvgIpc) is 2.91. The van der Waals surface area contributed by atoms with E-state index < -0.39 is 9.84 Å². The number of nitrogens with zero attached hydrogens (tertiary/aromatic N) is 1. The molecule has 8 heteroatoms. The summed E-state index contributed by atoms with van der Waals surface area (Å²) in [6, 6.07) is 5.68. The van der Waals surface area contributed by atoms with Crippen molar-refractivity contribution in [1.29, 1.82) is 0 Å². The molecule has 0 aliphatic carbocycles. The van der Waals surface area contributed by atoms with E-state index in [0.29, 0.717) is 19.5 Å². The molecule has 0 aromatic heterocycles. The molecule has 1 aliphatic heterocycles. The summed E-state index contributed by atoms with van der Waals surface area (Å²) in [7, 11) is 0.441. The van der Waals surface area contributed by atoms with E-state index in [0.717, 1.165) is 16.2 Å². The van der Waals surface area contributed by atoms with Gasteiger partial charge in [-0.25, -0.2) is 13.2 Å². The smallest absolute Gasteiger partial charge is 0.317 e. The molecule has 24 heavy (non-hydrogen) atoms. The third kappa shape index (κ3) is 5.04. The first-order chi connectivity index (χ1) is 11.3. The van der Waals surface area contributed by atoms with Crippen LogP contribution in [0.1, 0.15) is 12.0 Å². The minimum Gasteiger partial charge on any atom is -0.496 e. The Kier molecular flexibility index (Phi) is 6.40. The van der Waals surface area contributed by atoms with Gasteiger partial charge in [-0.2, -0.15) is 0 Å². The Bertz CT molecular complexity index is 691. The highest BCUT2D eigenvalue weighted by molar-refractivity contribution is 7.98. The molecule has 2 amide bonds. The molecule has 0 bridgehead atoms. The Morgan fingerprint density at radius 3 is 2.79 bits per heavy atom. The second-order valence-electron chi connectivity index (χ2n) is 6.00. The second-order valence-corrected chi connectivity index (χ2v) is 9.08. The van der Waals surface area contributed by atoms with Crippen LogP contribution < -0.4 is 10.1 Å². The zero-order chi connectivity index (χ0) is 17.7. The lowest BCUT2D eigenvalue weighted by atomic mass is 10.1. The highest BCUT2D eigenvalue weighted by Crippen LogP contribution is 2.28. The van der Waals surface area contributed by atoms with Gasteiger partial charge in [-0.15, -0.1) is 11.8 Å². The van der Waals surface area contributed by atoms with E-state index in [1.165, 1.54) is 0 Å². The maximum Gasteiger partial charge on any atom is 0.317 e. The first-order valence-corrected chi connectivity index (χ1v) is 10.8. The van der Waals surface area contributed by atoms with Crippen LogP contribution >= 0.6 is 11.8 Å². The molecule has 1 aromatic rings. The van der Waals surface area contributed by atoms with Gasteiger partial charge in [0.05, 0.1) is 18.6 Å². The molecule has 0 spiro atoms. The Hall–Kier alpha value is -1.41. The summed E-state index contributed by atoms with van der Waals surface area (Å²) in [5.74, 6) is 1.22. The van der Waals surface area contributed by atoms with Crippen LogP contribution in [0.25, 0.3) is 0 Å². The molecule has 1 unspecified atom stereocenters. The summed E-state index contributed by atoms with van der Waals surface area (Å²) in [6.45, 7) is 0.858. The molecule has 134 valence electrons. The van der Waals surface area contributed by atoms with Gasteiger partial charge in [-0.3, -0.25) is 0 Å². The van der Waals surface area contributed by atoms with E-state index in [2.05, 4.69) is 5.32 Å². The Morgan fingerprint density at radius 1 is 1.46 bits per heavy atom. The van der Waals surface area contributed by atoms with Gasteiger partial charge in [0.1, 0.15) is 5.75 Å². The predicted molar refractivity (Wildman–Crippen MR) is 96.4 cm³/mol. The third-order valence-electron chi connectivity index (χ3n) is 4.08. The van der Waals surface area contributed by atoms with Crippen LogP contribution in [0.5, 0.6) is 5.75 Å².